The van der Waals surface area contributed by atoms with Crippen molar-refractivity contribution >= 4 is 33.6 Å². The number of fused-ring (bicyclic) bond motifs is 3. The minimum absolute atomic E-state index is 0.0493. The second-order valence-electron chi connectivity index (χ2n) is 6.05. The van der Waals surface area contributed by atoms with Gasteiger partial charge < -0.3 is 13.9 Å². The number of furan rings is 1. The number of alkyl halides is 2. The van der Waals surface area contributed by atoms with Gasteiger partial charge in [0.15, 0.2) is 22.9 Å². The zero-order chi connectivity index (χ0) is 20.4. The third-order valence-corrected chi connectivity index (χ3v) is 4.28. The monoisotopic (exact) mass is 398 g/mol. The number of hydrogen-bond donors (Lipinski definition) is 1. The Hall–Kier alpha value is -3.75. The lowest BCUT2D eigenvalue weighted by Gasteiger charge is -2.11. The summed E-state index contributed by atoms with van der Waals surface area (Å²) in [6.45, 7) is -1.18. The van der Waals surface area contributed by atoms with Gasteiger partial charge >= 0.3 is 6.61 Å². The summed E-state index contributed by atoms with van der Waals surface area (Å²) in [5, 5.41) is 5.21. The van der Waals surface area contributed by atoms with Crippen molar-refractivity contribution in [2.75, 3.05) is 12.5 Å². The molecule has 7 nitrogen and oxygen atoms in total. The molecule has 1 N–H and O–H groups in total. The van der Waals surface area contributed by atoms with Gasteiger partial charge in [0.25, 0.3) is 0 Å². The van der Waals surface area contributed by atoms with Crippen LogP contribution in [0.25, 0.3) is 22.1 Å². The van der Waals surface area contributed by atoms with Crippen LogP contribution in [-0.4, -0.2) is 29.4 Å². The van der Waals surface area contributed by atoms with E-state index in [0.29, 0.717) is 33.8 Å². The van der Waals surface area contributed by atoms with E-state index in [1.807, 2.05) is 24.3 Å². The van der Waals surface area contributed by atoms with Gasteiger partial charge in [-0.3, -0.25) is 5.43 Å². The number of ether oxygens (including phenoxy) is 2. The van der Waals surface area contributed by atoms with E-state index >= 15 is 0 Å². The van der Waals surface area contributed by atoms with Gasteiger partial charge in [0.1, 0.15) is 17.4 Å². The Balaban J connectivity index is 1.64. The fourth-order valence-electron chi connectivity index (χ4n) is 2.89. The smallest absolute Gasteiger partial charge is 0.387 e. The van der Waals surface area contributed by atoms with E-state index in [-0.39, 0.29) is 11.5 Å². The SMILES string of the molecule is COc1cc(/C(C)=N\Nc2ncnc3c2oc2ccccc23)ccc1OC(F)F. The highest BCUT2D eigenvalue weighted by Crippen LogP contribution is 2.31. The van der Waals surface area contributed by atoms with Crippen LogP contribution in [0, 0.1) is 0 Å². The van der Waals surface area contributed by atoms with Crippen molar-refractivity contribution in [3.8, 4) is 11.5 Å². The Morgan fingerprint density at radius 3 is 2.76 bits per heavy atom. The van der Waals surface area contributed by atoms with Crippen molar-refractivity contribution in [1.29, 1.82) is 0 Å². The van der Waals surface area contributed by atoms with Crippen LogP contribution in [0.15, 0.2) is 58.3 Å². The molecule has 2 heterocycles. The highest BCUT2D eigenvalue weighted by atomic mass is 19.3. The number of nitrogens with zero attached hydrogens (tertiary/aromatic N) is 3. The highest BCUT2D eigenvalue weighted by Gasteiger charge is 2.14. The van der Waals surface area contributed by atoms with Crippen LogP contribution in [0.1, 0.15) is 12.5 Å². The molecule has 0 bridgehead atoms. The molecule has 0 radical (unpaired) electrons. The Kier molecular flexibility index (Phi) is 4.94. The molecule has 29 heavy (non-hydrogen) atoms. The molecule has 0 atom stereocenters. The van der Waals surface area contributed by atoms with Gasteiger partial charge in [-0.1, -0.05) is 12.1 Å². The second kappa shape index (κ2) is 7.70. The summed E-state index contributed by atoms with van der Waals surface area (Å²) in [6.07, 6.45) is 1.43. The summed E-state index contributed by atoms with van der Waals surface area (Å²) >= 11 is 0. The van der Waals surface area contributed by atoms with E-state index < -0.39 is 6.61 Å². The van der Waals surface area contributed by atoms with Gasteiger partial charge in [-0.05, 0) is 37.3 Å². The number of hydrogen-bond acceptors (Lipinski definition) is 7. The summed E-state index contributed by atoms with van der Waals surface area (Å²) in [4.78, 5) is 8.48. The molecule has 2 aromatic heterocycles. The Morgan fingerprint density at radius 1 is 1.14 bits per heavy atom. The number of anilines is 1. The number of nitrogens with one attached hydrogen (secondary N) is 1. The van der Waals surface area contributed by atoms with Crippen molar-refractivity contribution in [3.05, 3.63) is 54.4 Å². The van der Waals surface area contributed by atoms with E-state index in [9.17, 15) is 8.78 Å². The lowest BCUT2D eigenvalue weighted by molar-refractivity contribution is -0.0512. The molecule has 9 heteroatoms. The summed E-state index contributed by atoms with van der Waals surface area (Å²) in [5.41, 5.74) is 5.99. The fourth-order valence-corrected chi connectivity index (χ4v) is 2.89. The van der Waals surface area contributed by atoms with Crippen molar-refractivity contribution in [2.24, 2.45) is 5.10 Å². The molecule has 148 valence electrons. The summed E-state index contributed by atoms with van der Waals surface area (Å²) < 4.78 is 40.4. The number of halogens is 2. The van der Waals surface area contributed by atoms with Crippen LogP contribution in [0.5, 0.6) is 11.5 Å². The van der Waals surface area contributed by atoms with Crippen LogP contribution >= 0.6 is 0 Å². The Labute approximate surface area is 164 Å². The largest absolute Gasteiger partial charge is 0.493 e. The van der Waals surface area contributed by atoms with Crippen LogP contribution in [0.3, 0.4) is 0 Å². The highest BCUT2D eigenvalue weighted by molar-refractivity contribution is 6.05. The minimum Gasteiger partial charge on any atom is -0.493 e. The number of rotatable bonds is 6. The summed E-state index contributed by atoms with van der Waals surface area (Å²) in [6, 6.07) is 12.1. The standard InChI is InChI=1S/C20H16F2N4O3/c1-11(12-7-8-15(29-20(21)22)16(9-12)27-2)25-26-19-18-17(23-10-24-19)13-5-3-4-6-14(13)28-18/h3-10,20H,1-2H3,(H,23,24,26)/b25-11-. The first kappa shape index (κ1) is 18.6. The van der Waals surface area contributed by atoms with E-state index in [4.69, 9.17) is 9.15 Å². The maximum Gasteiger partial charge on any atom is 0.387 e. The molecule has 2 aromatic carbocycles. The third-order valence-electron chi connectivity index (χ3n) is 4.28. The minimum atomic E-state index is -2.94. The zero-order valence-corrected chi connectivity index (χ0v) is 15.5. The summed E-state index contributed by atoms with van der Waals surface area (Å²) in [5.74, 6) is 0.543. The predicted octanol–water partition coefficient (Wildman–Crippen LogP) is 4.82. The normalized spacial score (nSPS) is 12.0. The van der Waals surface area contributed by atoms with Gasteiger partial charge in [0.2, 0.25) is 0 Å². The molecule has 0 amide bonds. The topological polar surface area (TPSA) is 81.8 Å². The fraction of sp³-hybridized carbons (Fsp3) is 0.150. The average Bonchev–Trinajstić information content (AvgIpc) is 3.11. The van der Waals surface area contributed by atoms with Crippen LogP contribution in [0.2, 0.25) is 0 Å². The Bertz CT molecular complexity index is 1210. The molecule has 0 aliphatic heterocycles. The Morgan fingerprint density at radius 2 is 1.97 bits per heavy atom. The second-order valence-corrected chi connectivity index (χ2v) is 6.05. The van der Waals surface area contributed by atoms with Gasteiger partial charge in [-0.25, -0.2) is 9.97 Å². The molecule has 0 aliphatic carbocycles. The van der Waals surface area contributed by atoms with Crippen LogP contribution < -0.4 is 14.9 Å². The number of aromatic nitrogens is 2. The van der Waals surface area contributed by atoms with Crippen LogP contribution in [0.4, 0.5) is 14.6 Å². The first-order valence-corrected chi connectivity index (χ1v) is 8.62. The first-order chi connectivity index (χ1) is 14.1. The lowest BCUT2D eigenvalue weighted by Crippen LogP contribution is -2.05. The van der Waals surface area contributed by atoms with Gasteiger partial charge in [0.05, 0.1) is 12.8 Å². The van der Waals surface area contributed by atoms with E-state index in [1.54, 1.807) is 19.1 Å². The molecule has 0 aliphatic rings. The van der Waals surface area contributed by atoms with Crippen molar-refractivity contribution < 1.29 is 22.7 Å². The number of methoxy groups -OCH3 is 1. The van der Waals surface area contributed by atoms with Gasteiger partial charge in [0, 0.05) is 10.9 Å². The van der Waals surface area contributed by atoms with Crippen molar-refractivity contribution in [3.63, 3.8) is 0 Å². The first-order valence-electron chi connectivity index (χ1n) is 8.62. The van der Waals surface area contributed by atoms with E-state index in [2.05, 4.69) is 25.2 Å². The third kappa shape index (κ3) is 3.66. The number of para-hydroxylation sites is 1. The number of benzene rings is 2. The molecule has 0 saturated heterocycles. The molecule has 4 rings (SSSR count). The maximum absolute atomic E-state index is 12.5. The predicted molar refractivity (Wildman–Crippen MR) is 105 cm³/mol. The van der Waals surface area contributed by atoms with E-state index in [0.717, 1.165) is 5.39 Å². The van der Waals surface area contributed by atoms with Gasteiger partial charge in [-0.2, -0.15) is 13.9 Å². The van der Waals surface area contributed by atoms with E-state index in [1.165, 1.54) is 19.5 Å². The molecule has 0 fully saturated rings. The molecule has 0 unspecified atom stereocenters. The van der Waals surface area contributed by atoms with Crippen molar-refractivity contribution in [1.82, 2.24) is 9.97 Å². The lowest BCUT2D eigenvalue weighted by atomic mass is 10.1. The average molecular weight is 398 g/mol. The molecule has 0 saturated carbocycles. The quantitative estimate of drug-likeness (QED) is 0.370. The zero-order valence-electron chi connectivity index (χ0n) is 15.5. The van der Waals surface area contributed by atoms with Crippen LogP contribution in [-0.2, 0) is 0 Å². The van der Waals surface area contributed by atoms with Gasteiger partial charge in [-0.15, -0.1) is 0 Å². The molecule has 0 spiro atoms. The number of hydrazone groups is 1. The van der Waals surface area contributed by atoms with Crippen molar-refractivity contribution in [2.45, 2.75) is 13.5 Å². The molecular weight excluding hydrogens is 382 g/mol. The summed E-state index contributed by atoms with van der Waals surface area (Å²) in [7, 11) is 1.38. The molecule has 4 aromatic rings. The maximum atomic E-state index is 12.5. The molecular formula is C20H16F2N4O3.